The molecule has 0 bridgehead atoms. The van der Waals surface area contributed by atoms with Gasteiger partial charge in [0.2, 0.25) is 6.23 Å². The monoisotopic (exact) mass is 443 g/mol. The lowest BCUT2D eigenvalue weighted by Crippen LogP contribution is -2.39. The molecule has 3 atom stereocenters. The third-order valence-electron chi connectivity index (χ3n) is 5.32. The van der Waals surface area contributed by atoms with E-state index in [0.29, 0.717) is 18.7 Å². The van der Waals surface area contributed by atoms with Gasteiger partial charge in [0.25, 0.3) is 15.7 Å². The Morgan fingerprint density at radius 2 is 2.07 bits per heavy atom. The van der Waals surface area contributed by atoms with Crippen LogP contribution >= 0.6 is 0 Å². The van der Waals surface area contributed by atoms with E-state index in [4.69, 9.17) is 13.7 Å². The van der Waals surface area contributed by atoms with E-state index >= 15 is 0 Å². The molecule has 0 aromatic carbocycles. The third-order valence-corrected chi connectivity index (χ3v) is 6.98. The molecule has 168 valence electrons. The molecule has 1 aromatic heterocycles. The summed E-state index contributed by atoms with van der Waals surface area (Å²) in [5.41, 5.74) is -0.335. The number of hydrogen-bond acceptors (Lipinski definition) is 8. The minimum absolute atomic E-state index is 0.108. The molecule has 1 fully saturated rings. The topological polar surface area (TPSA) is 120 Å². The number of hydrogen-bond donors (Lipinski definition) is 1. The summed E-state index contributed by atoms with van der Waals surface area (Å²) < 4.78 is 43.4. The predicted octanol–water partition coefficient (Wildman–Crippen LogP) is 0.779. The number of ether oxygens (including phenoxy) is 2. The second-order valence-electron chi connectivity index (χ2n) is 8.03. The van der Waals surface area contributed by atoms with Crippen LogP contribution in [0.15, 0.2) is 33.2 Å². The van der Waals surface area contributed by atoms with Crippen LogP contribution in [0, 0.1) is 5.92 Å². The highest BCUT2D eigenvalue weighted by atomic mass is 32.2. The first-order valence-corrected chi connectivity index (χ1v) is 11.4. The van der Waals surface area contributed by atoms with E-state index in [1.165, 1.54) is 23.9 Å². The molecule has 1 N–H and O–H groups in total. The fourth-order valence-corrected chi connectivity index (χ4v) is 5.38. The molecule has 2 aliphatic rings. The van der Waals surface area contributed by atoms with Crippen LogP contribution in [0.2, 0.25) is 0 Å². The predicted molar refractivity (Wildman–Crippen MR) is 109 cm³/mol. The highest BCUT2D eigenvalue weighted by Crippen LogP contribution is 2.35. The fraction of sp³-hybridized carbons (Fsp3) is 0.684. The zero-order chi connectivity index (χ0) is 22.1. The number of likely N-dealkylation sites (tertiary alicyclic amines) is 1. The van der Waals surface area contributed by atoms with Crippen molar-refractivity contribution in [3.63, 3.8) is 0 Å². The van der Waals surface area contributed by atoms with Crippen LogP contribution in [0.5, 0.6) is 0 Å². The van der Waals surface area contributed by atoms with E-state index in [0.717, 1.165) is 12.0 Å². The first-order valence-electron chi connectivity index (χ1n) is 9.97. The summed E-state index contributed by atoms with van der Waals surface area (Å²) in [6.45, 7) is 6.62. The van der Waals surface area contributed by atoms with Crippen molar-refractivity contribution in [2.75, 3.05) is 26.8 Å². The smallest absolute Gasteiger partial charge is 0.331 e. The molecule has 0 saturated carbocycles. The molecule has 0 amide bonds. The molecule has 0 spiro atoms. The first kappa shape index (κ1) is 22.7. The minimum Gasteiger partial charge on any atom is -0.470 e. The highest BCUT2D eigenvalue weighted by molar-refractivity contribution is 7.87. The zero-order valence-electron chi connectivity index (χ0n) is 17.7. The van der Waals surface area contributed by atoms with Crippen LogP contribution in [-0.4, -0.2) is 61.2 Å². The summed E-state index contributed by atoms with van der Waals surface area (Å²) >= 11 is 0. The molecular weight excluding hydrogens is 414 g/mol. The van der Waals surface area contributed by atoms with Gasteiger partial charge < -0.3 is 9.47 Å². The Morgan fingerprint density at radius 3 is 2.70 bits per heavy atom. The van der Waals surface area contributed by atoms with Crippen LogP contribution in [0.25, 0.3) is 0 Å². The zero-order valence-corrected chi connectivity index (χ0v) is 18.5. The molecule has 0 aliphatic carbocycles. The van der Waals surface area contributed by atoms with Crippen molar-refractivity contribution in [3.8, 4) is 0 Å². The lowest BCUT2D eigenvalue weighted by Gasteiger charge is -2.25. The van der Waals surface area contributed by atoms with Gasteiger partial charge in [-0.1, -0.05) is 13.8 Å². The van der Waals surface area contributed by atoms with Gasteiger partial charge in [-0.25, -0.2) is 4.79 Å². The number of rotatable bonds is 8. The van der Waals surface area contributed by atoms with E-state index in [2.05, 4.69) is 4.98 Å². The molecular formula is C19H29N3O7S. The Morgan fingerprint density at radius 1 is 1.33 bits per heavy atom. The maximum Gasteiger partial charge on any atom is 0.331 e. The van der Waals surface area contributed by atoms with Crippen LogP contribution in [0.3, 0.4) is 0 Å². The number of aromatic amines is 1. The molecule has 2 aliphatic heterocycles. The van der Waals surface area contributed by atoms with Gasteiger partial charge in [-0.05, 0) is 25.7 Å². The summed E-state index contributed by atoms with van der Waals surface area (Å²) in [6.07, 6.45) is 1.25. The SMILES string of the molecule is COC1C(C)=C(CN2CCCC2S(=O)(=O)OCC(C)C)O[C@H]1n1ccc(=O)[nH]c1=O. The molecule has 30 heavy (non-hydrogen) atoms. The number of nitrogens with one attached hydrogen (secondary N) is 1. The fourth-order valence-electron chi connectivity index (χ4n) is 3.76. The standard InChI is InChI=1S/C19H29N3O7S/c1-12(2)11-28-30(25,26)16-6-5-8-21(16)10-14-13(3)17(27-4)18(29-14)22-9-7-15(23)20-19(22)24/h7,9,12,16-18H,5-6,8,10-11H2,1-4H3,(H,20,23,24)/t16?,17?,18-/m1/s1. The van der Waals surface area contributed by atoms with Crippen LogP contribution in [-0.2, 0) is 23.8 Å². The summed E-state index contributed by atoms with van der Waals surface area (Å²) in [6, 6.07) is 1.24. The normalized spacial score (nSPS) is 25.3. The van der Waals surface area contributed by atoms with Crippen molar-refractivity contribution < 1.29 is 22.1 Å². The number of methoxy groups -OCH3 is 1. The maximum atomic E-state index is 12.7. The summed E-state index contributed by atoms with van der Waals surface area (Å²) in [5.74, 6) is 0.660. The number of aromatic nitrogens is 2. The van der Waals surface area contributed by atoms with Crippen molar-refractivity contribution in [2.45, 2.75) is 51.3 Å². The van der Waals surface area contributed by atoms with Crippen LogP contribution < -0.4 is 11.2 Å². The van der Waals surface area contributed by atoms with E-state index in [1.807, 2.05) is 25.7 Å². The van der Waals surface area contributed by atoms with Gasteiger partial charge in [0.1, 0.15) is 17.2 Å². The van der Waals surface area contributed by atoms with Crippen LogP contribution in [0.4, 0.5) is 0 Å². The molecule has 11 heteroatoms. The molecule has 0 radical (unpaired) electrons. The second-order valence-corrected chi connectivity index (χ2v) is 9.79. The van der Waals surface area contributed by atoms with Crippen molar-refractivity contribution in [1.82, 2.24) is 14.5 Å². The third kappa shape index (κ3) is 4.69. The van der Waals surface area contributed by atoms with Gasteiger partial charge in [-0.3, -0.25) is 23.4 Å². The van der Waals surface area contributed by atoms with E-state index < -0.39 is 39.1 Å². The van der Waals surface area contributed by atoms with E-state index in [1.54, 1.807) is 0 Å². The van der Waals surface area contributed by atoms with Gasteiger partial charge in [0.05, 0.1) is 13.2 Å². The van der Waals surface area contributed by atoms with Crippen molar-refractivity contribution in [1.29, 1.82) is 0 Å². The Bertz CT molecular complexity index is 1010. The van der Waals surface area contributed by atoms with Crippen molar-refractivity contribution in [2.24, 2.45) is 5.92 Å². The molecule has 3 rings (SSSR count). The Labute approximate surface area is 175 Å². The van der Waals surface area contributed by atoms with Crippen molar-refractivity contribution in [3.05, 3.63) is 44.4 Å². The van der Waals surface area contributed by atoms with Gasteiger partial charge in [0.15, 0.2) is 0 Å². The highest BCUT2D eigenvalue weighted by Gasteiger charge is 2.41. The van der Waals surface area contributed by atoms with E-state index in [-0.39, 0.29) is 19.1 Å². The molecule has 10 nitrogen and oxygen atoms in total. The Kier molecular flexibility index (Phi) is 6.85. The average molecular weight is 444 g/mol. The first-order chi connectivity index (χ1) is 14.1. The van der Waals surface area contributed by atoms with Crippen molar-refractivity contribution >= 4 is 10.1 Å². The molecule has 1 saturated heterocycles. The maximum absolute atomic E-state index is 12.7. The summed E-state index contributed by atoms with van der Waals surface area (Å²) in [5, 5.41) is -0.740. The van der Waals surface area contributed by atoms with Crippen LogP contribution in [0.1, 0.15) is 39.8 Å². The van der Waals surface area contributed by atoms with E-state index in [9.17, 15) is 18.0 Å². The Hall–Kier alpha value is -1.95. The second kappa shape index (κ2) is 9.04. The lowest BCUT2D eigenvalue weighted by atomic mass is 10.1. The molecule has 2 unspecified atom stereocenters. The minimum atomic E-state index is -3.74. The number of nitrogens with zero attached hydrogens (tertiary/aromatic N) is 2. The lowest BCUT2D eigenvalue weighted by molar-refractivity contribution is -0.0291. The quantitative estimate of drug-likeness (QED) is 0.585. The Balaban J connectivity index is 1.79. The summed E-state index contributed by atoms with van der Waals surface area (Å²) in [4.78, 5) is 27.6. The summed E-state index contributed by atoms with van der Waals surface area (Å²) in [7, 11) is -2.23. The molecule has 1 aromatic rings. The van der Waals surface area contributed by atoms with Gasteiger partial charge in [-0.2, -0.15) is 8.42 Å². The number of H-pyrrole nitrogens is 1. The molecule has 3 heterocycles. The average Bonchev–Trinajstić information content (AvgIpc) is 3.26. The van der Waals surface area contributed by atoms with Gasteiger partial charge in [0, 0.05) is 31.5 Å². The van der Waals surface area contributed by atoms with Gasteiger partial charge in [-0.15, -0.1) is 0 Å². The largest absolute Gasteiger partial charge is 0.470 e. The van der Waals surface area contributed by atoms with Gasteiger partial charge >= 0.3 is 5.69 Å².